The minimum atomic E-state index is -4.37. The number of halogens is 1. The predicted octanol–water partition coefficient (Wildman–Crippen LogP) is 1.59. The van der Waals surface area contributed by atoms with Crippen LogP contribution in [-0.4, -0.2) is 30.8 Å². The van der Waals surface area contributed by atoms with Gasteiger partial charge in [-0.25, -0.2) is 0 Å². The van der Waals surface area contributed by atoms with Gasteiger partial charge in [0.15, 0.2) is 0 Å². The summed E-state index contributed by atoms with van der Waals surface area (Å²) in [6.45, 7) is 1.95. The number of anilines is 1. The second-order valence-corrected chi connectivity index (χ2v) is 6.26. The van der Waals surface area contributed by atoms with Crippen molar-refractivity contribution in [2.75, 3.05) is 11.4 Å². The Balaban J connectivity index is 2.55. The number of alkyl halides is 1. The van der Waals surface area contributed by atoms with Crippen LogP contribution in [0.3, 0.4) is 0 Å². The molecule has 0 radical (unpaired) electrons. The first-order valence-electron chi connectivity index (χ1n) is 5.31. The molecule has 2 rings (SSSR count). The monoisotopic (exact) mass is 289 g/mol. The molecule has 1 aromatic rings. The van der Waals surface area contributed by atoms with Gasteiger partial charge in [-0.3, -0.25) is 9.35 Å². The van der Waals surface area contributed by atoms with Crippen LogP contribution in [0.1, 0.15) is 12.0 Å². The van der Waals surface area contributed by atoms with Gasteiger partial charge in [0.1, 0.15) is 4.90 Å². The molecule has 1 unspecified atom stereocenters. The van der Waals surface area contributed by atoms with Crippen LogP contribution in [0, 0.1) is 6.92 Å². The van der Waals surface area contributed by atoms with Gasteiger partial charge in [0.2, 0.25) is 5.91 Å². The third-order valence-corrected chi connectivity index (χ3v) is 3.94. The first kappa shape index (κ1) is 13.3. The van der Waals surface area contributed by atoms with Gasteiger partial charge >= 0.3 is 0 Å². The van der Waals surface area contributed by atoms with E-state index in [4.69, 9.17) is 11.6 Å². The number of hydrogen-bond acceptors (Lipinski definition) is 3. The number of aryl methyl sites for hydroxylation is 1. The zero-order valence-corrected chi connectivity index (χ0v) is 11.2. The Hall–Kier alpha value is -1.11. The fourth-order valence-electron chi connectivity index (χ4n) is 1.95. The van der Waals surface area contributed by atoms with E-state index in [0.717, 1.165) is 0 Å². The van der Waals surface area contributed by atoms with E-state index in [9.17, 15) is 17.8 Å². The summed E-state index contributed by atoms with van der Waals surface area (Å²) in [6, 6.07) is 4.52. The average Bonchev–Trinajstić information content (AvgIpc) is 2.56. The van der Waals surface area contributed by atoms with Gasteiger partial charge in [-0.2, -0.15) is 8.42 Å². The van der Waals surface area contributed by atoms with Gasteiger partial charge in [-0.1, -0.05) is 6.07 Å². The summed E-state index contributed by atoms with van der Waals surface area (Å²) in [7, 11) is -4.37. The predicted molar refractivity (Wildman–Crippen MR) is 67.6 cm³/mol. The molecule has 0 aliphatic carbocycles. The van der Waals surface area contributed by atoms with Gasteiger partial charge in [0.25, 0.3) is 10.1 Å². The van der Waals surface area contributed by atoms with Crippen LogP contribution in [-0.2, 0) is 14.9 Å². The summed E-state index contributed by atoms with van der Waals surface area (Å²) in [5.74, 6) is -0.247. The maximum absolute atomic E-state index is 11.7. The molecular weight excluding hydrogens is 278 g/mol. The minimum absolute atomic E-state index is 0.167. The first-order chi connectivity index (χ1) is 8.29. The molecule has 1 N–H and O–H groups in total. The highest BCUT2D eigenvalue weighted by atomic mass is 35.5. The number of amides is 1. The molecule has 1 fully saturated rings. The van der Waals surface area contributed by atoms with Gasteiger partial charge in [0, 0.05) is 13.0 Å². The maximum Gasteiger partial charge on any atom is 0.296 e. The number of hydrogen-bond donors (Lipinski definition) is 1. The van der Waals surface area contributed by atoms with Crippen molar-refractivity contribution in [3.05, 3.63) is 23.8 Å². The highest BCUT2D eigenvalue weighted by Crippen LogP contribution is 2.30. The molecule has 5 nitrogen and oxygen atoms in total. The summed E-state index contributed by atoms with van der Waals surface area (Å²) < 4.78 is 31.9. The van der Waals surface area contributed by atoms with Crippen molar-refractivity contribution in [3.8, 4) is 0 Å². The van der Waals surface area contributed by atoms with E-state index >= 15 is 0 Å². The molecule has 1 amide bonds. The topological polar surface area (TPSA) is 74.7 Å². The first-order valence-corrected chi connectivity index (χ1v) is 7.19. The zero-order valence-electron chi connectivity index (χ0n) is 9.63. The van der Waals surface area contributed by atoms with Crippen LogP contribution in [0.25, 0.3) is 0 Å². The van der Waals surface area contributed by atoms with Crippen molar-refractivity contribution >= 4 is 33.3 Å². The molecule has 1 aromatic carbocycles. The lowest BCUT2D eigenvalue weighted by atomic mass is 10.2. The van der Waals surface area contributed by atoms with E-state index < -0.39 is 10.1 Å². The number of carbonyl (C=O) groups excluding carboxylic acids is 1. The summed E-state index contributed by atoms with van der Waals surface area (Å²) in [5.41, 5.74) is 0.858. The summed E-state index contributed by atoms with van der Waals surface area (Å²) in [4.78, 5) is 12.7. The number of carbonyl (C=O) groups is 1. The molecule has 0 spiro atoms. The molecular formula is C11H12ClNO4S. The number of nitrogens with zero attached hydrogens (tertiary/aromatic N) is 1. The van der Waals surface area contributed by atoms with Crippen molar-refractivity contribution in [2.24, 2.45) is 0 Å². The summed E-state index contributed by atoms with van der Waals surface area (Å²) in [6.07, 6.45) is 0.167. The third-order valence-electron chi connectivity index (χ3n) is 2.76. The summed E-state index contributed by atoms with van der Waals surface area (Å²) >= 11 is 5.88. The Morgan fingerprint density at radius 3 is 2.61 bits per heavy atom. The molecule has 18 heavy (non-hydrogen) atoms. The maximum atomic E-state index is 11.7. The molecule has 0 bridgehead atoms. The standard InChI is InChI=1S/C11H12ClNO4S/c1-7-2-3-9(10(4-7)18(15,16)17)13-6-8(12)5-11(13)14/h2-4,8H,5-6H2,1H3,(H,15,16,17). The Labute approximate surface area is 110 Å². The van der Waals surface area contributed by atoms with E-state index in [2.05, 4.69) is 0 Å². The van der Waals surface area contributed by atoms with Gasteiger partial charge in [0.05, 0.1) is 11.1 Å². The van der Waals surface area contributed by atoms with E-state index in [0.29, 0.717) is 5.56 Å². The van der Waals surface area contributed by atoms with Crippen molar-refractivity contribution in [2.45, 2.75) is 23.6 Å². The average molecular weight is 290 g/mol. The van der Waals surface area contributed by atoms with Crippen LogP contribution in [0.5, 0.6) is 0 Å². The van der Waals surface area contributed by atoms with Gasteiger partial charge < -0.3 is 4.90 Å². The number of rotatable bonds is 2. The molecule has 0 saturated carbocycles. The quantitative estimate of drug-likeness (QED) is 0.663. The van der Waals surface area contributed by atoms with Gasteiger partial charge in [-0.15, -0.1) is 11.6 Å². The molecule has 1 aliphatic heterocycles. The second kappa shape index (κ2) is 4.53. The SMILES string of the molecule is Cc1ccc(N2CC(Cl)CC2=O)c(S(=O)(=O)O)c1. The van der Waals surface area contributed by atoms with E-state index in [1.807, 2.05) is 0 Å². The lowest BCUT2D eigenvalue weighted by Gasteiger charge is -2.18. The Kier molecular flexibility index (Phi) is 3.35. The van der Waals surface area contributed by atoms with Crippen LogP contribution >= 0.6 is 11.6 Å². The fraction of sp³-hybridized carbons (Fsp3) is 0.364. The molecule has 1 saturated heterocycles. The minimum Gasteiger partial charge on any atom is -0.309 e. The Bertz CT molecular complexity index is 599. The highest BCUT2D eigenvalue weighted by Gasteiger charge is 2.32. The smallest absolute Gasteiger partial charge is 0.296 e. The van der Waals surface area contributed by atoms with Crippen molar-refractivity contribution < 1.29 is 17.8 Å². The van der Waals surface area contributed by atoms with Crippen molar-refractivity contribution in [3.63, 3.8) is 0 Å². The van der Waals surface area contributed by atoms with Gasteiger partial charge in [-0.05, 0) is 24.6 Å². The molecule has 98 valence electrons. The molecule has 1 heterocycles. The fourth-order valence-corrected chi connectivity index (χ4v) is 3.00. The normalized spacial score (nSPS) is 20.5. The molecule has 7 heteroatoms. The zero-order chi connectivity index (χ0) is 13.5. The van der Waals surface area contributed by atoms with E-state index in [1.54, 1.807) is 13.0 Å². The highest BCUT2D eigenvalue weighted by molar-refractivity contribution is 7.86. The second-order valence-electron chi connectivity index (χ2n) is 4.25. The van der Waals surface area contributed by atoms with Crippen LogP contribution in [0.15, 0.2) is 23.1 Å². The Morgan fingerprint density at radius 2 is 2.11 bits per heavy atom. The molecule has 1 atom stereocenters. The molecule has 0 aromatic heterocycles. The third kappa shape index (κ3) is 2.50. The lowest BCUT2D eigenvalue weighted by Crippen LogP contribution is -2.26. The van der Waals surface area contributed by atoms with Crippen LogP contribution in [0.4, 0.5) is 5.69 Å². The van der Waals surface area contributed by atoms with Crippen LogP contribution < -0.4 is 4.90 Å². The van der Waals surface area contributed by atoms with Crippen LogP contribution in [0.2, 0.25) is 0 Å². The van der Waals surface area contributed by atoms with Crippen molar-refractivity contribution in [1.82, 2.24) is 0 Å². The Morgan fingerprint density at radius 1 is 1.44 bits per heavy atom. The van der Waals surface area contributed by atoms with E-state index in [1.165, 1.54) is 17.0 Å². The largest absolute Gasteiger partial charge is 0.309 e. The number of benzene rings is 1. The lowest BCUT2D eigenvalue weighted by molar-refractivity contribution is -0.117. The summed E-state index contributed by atoms with van der Waals surface area (Å²) in [5, 5.41) is -0.340. The van der Waals surface area contributed by atoms with E-state index in [-0.39, 0.29) is 34.8 Å². The van der Waals surface area contributed by atoms with Crippen molar-refractivity contribution in [1.29, 1.82) is 0 Å². The molecule has 1 aliphatic rings.